The van der Waals surface area contributed by atoms with Gasteiger partial charge in [0.05, 0.1) is 10.6 Å². The number of benzene rings is 3. The largest absolute Gasteiger partial charge is 0.355 e. The van der Waals surface area contributed by atoms with Crippen molar-refractivity contribution in [2.75, 3.05) is 17.4 Å². The minimum Gasteiger partial charge on any atom is -0.355 e. The Kier molecular flexibility index (Phi) is 10.4. The SMILES string of the molecule is CCNC(=O)[C@H](CC)N(Cc1ccc(Cl)cc1Cl)C(=O)CN(c1ccc(C)cc1)S(=O)(=O)c1ccc(F)cc1. The van der Waals surface area contributed by atoms with Crippen LogP contribution >= 0.6 is 23.2 Å². The molecule has 1 atom stereocenters. The zero-order chi connectivity index (χ0) is 28.7. The average molecular weight is 595 g/mol. The van der Waals surface area contributed by atoms with Gasteiger partial charge in [-0.05, 0) is 74.4 Å². The molecule has 0 fully saturated rings. The van der Waals surface area contributed by atoms with Crippen LogP contribution in [0.4, 0.5) is 10.1 Å². The molecule has 0 aliphatic heterocycles. The Balaban J connectivity index is 2.07. The number of carbonyl (C=O) groups excluding carboxylic acids is 2. The van der Waals surface area contributed by atoms with Crippen molar-refractivity contribution in [2.24, 2.45) is 0 Å². The number of carbonyl (C=O) groups is 2. The molecule has 3 aromatic carbocycles. The number of nitrogens with one attached hydrogen (secondary N) is 1. The van der Waals surface area contributed by atoms with Crippen molar-refractivity contribution in [3.05, 3.63) is 93.7 Å². The van der Waals surface area contributed by atoms with Gasteiger partial charge in [0, 0.05) is 23.1 Å². The summed E-state index contributed by atoms with van der Waals surface area (Å²) in [6.45, 7) is 5.07. The molecule has 7 nitrogen and oxygen atoms in total. The van der Waals surface area contributed by atoms with Crippen LogP contribution in [-0.4, -0.2) is 44.3 Å². The molecule has 208 valence electrons. The van der Waals surface area contributed by atoms with Crippen molar-refractivity contribution in [1.82, 2.24) is 10.2 Å². The Labute approximate surface area is 238 Å². The summed E-state index contributed by atoms with van der Waals surface area (Å²) in [6, 6.07) is 14.9. The van der Waals surface area contributed by atoms with E-state index in [1.165, 1.54) is 11.0 Å². The second-order valence-electron chi connectivity index (χ2n) is 8.88. The Bertz CT molecular complexity index is 1420. The van der Waals surface area contributed by atoms with Crippen molar-refractivity contribution < 1.29 is 22.4 Å². The number of hydrogen-bond acceptors (Lipinski definition) is 4. The molecule has 0 radical (unpaired) electrons. The fourth-order valence-corrected chi connectivity index (χ4v) is 5.90. The zero-order valence-electron chi connectivity index (χ0n) is 21.8. The number of sulfonamides is 1. The van der Waals surface area contributed by atoms with Crippen LogP contribution in [0.1, 0.15) is 31.4 Å². The second kappa shape index (κ2) is 13.3. The molecule has 0 aromatic heterocycles. The number of nitrogens with zero attached hydrogens (tertiary/aromatic N) is 2. The summed E-state index contributed by atoms with van der Waals surface area (Å²) < 4.78 is 42.0. The lowest BCUT2D eigenvalue weighted by Crippen LogP contribution is -2.52. The first kappa shape index (κ1) is 30.4. The molecule has 0 aliphatic rings. The third-order valence-electron chi connectivity index (χ3n) is 6.10. The molecule has 0 aliphatic carbocycles. The zero-order valence-corrected chi connectivity index (χ0v) is 24.2. The maximum absolute atomic E-state index is 13.9. The first-order valence-corrected chi connectivity index (χ1v) is 14.5. The van der Waals surface area contributed by atoms with Gasteiger partial charge < -0.3 is 10.2 Å². The van der Waals surface area contributed by atoms with Gasteiger partial charge in [0.2, 0.25) is 11.8 Å². The lowest BCUT2D eigenvalue weighted by atomic mass is 10.1. The highest BCUT2D eigenvalue weighted by molar-refractivity contribution is 7.92. The van der Waals surface area contributed by atoms with Gasteiger partial charge in [-0.1, -0.05) is 53.9 Å². The fourth-order valence-electron chi connectivity index (χ4n) is 4.02. The van der Waals surface area contributed by atoms with Crippen molar-refractivity contribution in [2.45, 2.75) is 44.7 Å². The average Bonchev–Trinajstić information content (AvgIpc) is 2.89. The van der Waals surface area contributed by atoms with Crippen LogP contribution in [0.3, 0.4) is 0 Å². The Morgan fingerprint density at radius 3 is 2.18 bits per heavy atom. The Morgan fingerprint density at radius 2 is 1.62 bits per heavy atom. The molecule has 0 unspecified atom stereocenters. The van der Waals surface area contributed by atoms with E-state index in [2.05, 4.69) is 5.32 Å². The first-order valence-electron chi connectivity index (χ1n) is 12.3. The summed E-state index contributed by atoms with van der Waals surface area (Å²) in [5.41, 5.74) is 1.68. The molecule has 0 heterocycles. The van der Waals surface area contributed by atoms with Crippen LogP contribution in [0.5, 0.6) is 0 Å². The summed E-state index contributed by atoms with van der Waals surface area (Å²) >= 11 is 12.4. The molecule has 0 bridgehead atoms. The van der Waals surface area contributed by atoms with E-state index in [1.807, 2.05) is 6.92 Å². The van der Waals surface area contributed by atoms with E-state index in [-0.39, 0.29) is 29.5 Å². The molecule has 39 heavy (non-hydrogen) atoms. The monoisotopic (exact) mass is 593 g/mol. The number of likely N-dealkylation sites (N-methyl/N-ethyl adjacent to an activating group) is 1. The van der Waals surface area contributed by atoms with E-state index < -0.39 is 34.3 Å². The fraction of sp³-hybridized carbons (Fsp3) is 0.286. The number of amides is 2. The number of hydrogen-bond donors (Lipinski definition) is 1. The van der Waals surface area contributed by atoms with Gasteiger partial charge in [0.15, 0.2) is 0 Å². The lowest BCUT2D eigenvalue weighted by molar-refractivity contribution is -0.140. The van der Waals surface area contributed by atoms with Crippen LogP contribution in [0, 0.1) is 12.7 Å². The van der Waals surface area contributed by atoms with Gasteiger partial charge in [-0.2, -0.15) is 0 Å². The Hall–Kier alpha value is -3.14. The van der Waals surface area contributed by atoms with Crippen molar-refractivity contribution in [3.63, 3.8) is 0 Å². The molecular formula is C28H30Cl2FN3O4S. The molecule has 0 saturated carbocycles. The van der Waals surface area contributed by atoms with E-state index in [0.29, 0.717) is 22.2 Å². The molecular weight excluding hydrogens is 564 g/mol. The van der Waals surface area contributed by atoms with E-state index >= 15 is 0 Å². The smallest absolute Gasteiger partial charge is 0.264 e. The summed E-state index contributed by atoms with van der Waals surface area (Å²) in [4.78, 5) is 28.0. The van der Waals surface area contributed by atoms with Crippen molar-refractivity contribution in [3.8, 4) is 0 Å². The molecule has 3 aromatic rings. The lowest BCUT2D eigenvalue weighted by Gasteiger charge is -2.33. The van der Waals surface area contributed by atoms with Gasteiger partial charge in [-0.25, -0.2) is 12.8 Å². The predicted molar refractivity (Wildman–Crippen MR) is 152 cm³/mol. The van der Waals surface area contributed by atoms with Gasteiger partial charge in [0.1, 0.15) is 18.4 Å². The van der Waals surface area contributed by atoms with Crippen LogP contribution in [0.2, 0.25) is 10.0 Å². The minimum atomic E-state index is -4.29. The molecule has 3 rings (SSSR count). The highest BCUT2D eigenvalue weighted by atomic mass is 35.5. The summed E-state index contributed by atoms with van der Waals surface area (Å²) in [7, 11) is -4.29. The van der Waals surface area contributed by atoms with E-state index in [0.717, 1.165) is 34.1 Å². The number of aryl methyl sites for hydroxylation is 1. The van der Waals surface area contributed by atoms with E-state index in [4.69, 9.17) is 23.2 Å². The highest BCUT2D eigenvalue weighted by Crippen LogP contribution is 2.27. The normalized spacial score (nSPS) is 12.1. The molecule has 1 N–H and O–H groups in total. The molecule has 0 saturated heterocycles. The number of anilines is 1. The summed E-state index contributed by atoms with van der Waals surface area (Å²) in [5.74, 6) is -1.59. The maximum Gasteiger partial charge on any atom is 0.264 e. The van der Waals surface area contributed by atoms with Crippen LogP contribution in [-0.2, 0) is 26.2 Å². The minimum absolute atomic E-state index is 0.0528. The van der Waals surface area contributed by atoms with Crippen LogP contribution in [0.25, 0.3) is 0 Å². The van der Waals surface area contributed by atoms with E-state index in [9.17, 15) is 22.4 Å². The standard InChI is InChI=1S/C28H30Cl2FN3O4S/c1-4-26(28(36)32-5-2)33(17-20-8-9-21(29)16-25(20)30)27(35)18-34(23-12-6-19(3)7-13-23)39(37,38)24-14-10-22(31)11-15-24/h6-16,26H,4-5,17-18H2,1-3H3,(H,32,36)/t26-/m0/s1. The quantitative estimate of drug-likeness (QED) is 0.314. The van der Waals surface area contributed by atoms with E-state index in [1.54, 1.807) is 50.2 Å². The third-order valence-corrected chi connectivity index (χ3v) is 8.47. The number of halogens is 3. The summed E-state index contributed by atoms with van der Waals surface area (Å²) in [6.07, 6.45) is 0.276. The number of rotatable bonds is 11. The van der Waals surface area contributed by atoms with Gasteiger partial charge >= 0.3 is 0 Å². The molecule has 0 spiro atoms. The first-order chi connectivity index (χ1) is 18.5. The summed E-state index contributed by atoms with van der Waals surface area (Å²) in [5, 5.41) is 3.46. The van der Waals surface area contributed by atoms with Crippen molar-refractivity contribution >= 4 is 50.7 Å². The van der Waals surface area contributed by atoms with Gasteiger partial charge in [-0.3, -0.25) is 13.9 Å². The van der Waals surface area contributed by atoms with Gasteiger partial charge in [-0.15, -0.1) is 0 Å². The van der Waals surface area contributed by atoms with Crippen LogP contribution in [0.15, 0.2) is 71.6 Å². The maximum atomic E-state index is 13.9. The van der Waals surface area contributed by atoms with Crippen LogP contribution < -0.4 is 9.62 Å². The predicted octanol–water partition coefficient (Wildman–Crippen LogP) is 5.58. The van der Waals surface area contributed by atoms with Gasteiger partial charge in [0.25, 0.3) is 10.0 Å². The third kappa shape index (κ3) is 7.50. The topological polar surface area (TPSA) is 86.8 Å². The second-order valence-corrected chi connectivity index (χ2v) is 11.6. The molecule has 2 amide bonds. The van der Waals surface area contributed by atoms with Crippen molar-refractivity contribution in [1.29, 1.82) is 0 Å². The molecule has 11 heteroatoms. The highest BCUT2D eigenvalue weighted by Gasteiger charge is 2.33. The Morgan fingerprint density at radius 1 is 0.974 bits per heavy atom.